The summed E-state index contributed by atoms with van der Waals surface area (Å²) >= 11 is 0. The van der Waals surface area contributed by atoms with Crippen LogP contribution in [-0.4, -0.2) is 38.6 Å². The van der Waals surface area contributed by atoms with Gasteiger partial charge in [0, 0.05) is 29.4 Å². The summed E-state index contributed by atoms with van der Waals surface area (Å²) in [7, 11) is 5.89. The van der Waals surface area contributed by atoms with Crippen LogP contribution in [0, 0.1) is 0 Å². The van der Waals surface area contributed by atoms with Crippen molar-refractivity contribution in [2.24, 2.45) is 0 Å². The number of hydrogen-bond acceptors (Lipinski definition) is 3. The van der Waals surface area contributed by atoms with Gasteiger partial charge in [0.25, 0.3) is 5.91 Å². The minimum atomic E-state index is 0.0495. The number of fused-ring (bicyclic) bond motifs is 1. The maximum Gasteiger partial charge on any atom is 0.258 e. The molecule has 0 saturated carbocycles. The summed E-state index contributed by atoms with van der Waals surface area (Å²) in [5, 5.41) is 0. The van der Waals surface area contributed by atoms with Crippen LogP contribution in [0.4, 0.5) is 5.69 Å². The maximum absolute atomic E-state index is 13.5. The van der Waals surface area contributed by atoms with Gasteiger partial charge in [-0.1, -0.05) is 48.5 Å². The van der Waals surface area contributed by atoms with Crippen molar-refractivity contribution in [1.29, 1.82) is 0 Å². The zero-order chi connectivity index (χ0) is 21.1. The fraction of sp³-hybridized carbons (Fsp3) is 0.269. The second kappa shape index (κ2) is 8.72. The molecule has 1 aliphatic heterocycles. The van der Waals surface area contributed by atoms with Crippen molar-refractivity contribution in [3.63, 3.8) is 0 Å². The van der Waals surface area contributed by atoms with Crippen LogP contribution < -0.4 is 9.64 Å². The van der Waals surface area contributed by atoms with E-state index < -0.39 is 0 Å². The standard InChI is InChI=1S/C26H28N2O2/c1-27(2)23-12-8-18-28(24-11-6-4-10-22(23)24)26(29)20-16-14-19(15-17-20)21-9-5-7-13-25(21)30-3/h4-7,9-11,13-17,23H,8,12,18H2,1-3H3. The summed E-state index contributed by atoms with van der Waals surface area (Å²) in [5.74, 6) is 0.876. The van der Waals surface area contributed by atoms with Crippen LogP contribution in [0.25, 0.3) is 11.1 Å². The number of benzene rings is 3. The smallest absolute Gasteiger partial charge is 0.258 e. The third-order valence-corrected chi connectivity index (χ3v) is 5.86. The van der Waals surface area contributed by atoms with E-state index in [9.17, 15) is 4.79 Å². The van der Waals surface area contributed by atoms with Crippen LogP contribution in [0.15, 0.2) is 72.8 Å². The van der Waals surface area contributed by atoms with E-state index in [2.05, 4.69) is 37.2 Å². The number of ether oxygens (including phenoxy) is 1. The van der Waals surface area contributed by atoms with Gasteiger partial charge in [-0.05, 0) is 62.3 Å². The Hall–Kier alpha value is -3.11. The van der Waals surface area contributed by atoms with Gasteiger partial charge in [-0.2, -0.15) is 0 Å². The van der Waals surface area contributed by atoms with Gasteiger partial charge < -0.3 is 14.5 Å². The second-order valence-corrected chi connectivity index (χ2v) is 7.91. The van der Waals surface area contributed by atoms with Gasteiger partial charge in [-0.25, -0.2) is 0 Å². The van der Waals surface area contributed by atoms with Crippen LogP contribution in [0.2, 0.25) is 0 Å². The van der Waals surface area contributed by atoms with E-state index in [1.165, 1.54) is 5.56 Å². The van der Waals surface area contributed by atoms with Gasteiger partial charge in [0.15, 0.2) is 0 Å². The molecule has 0 bridgehead atoms. The van der Waals surface area contributed by atoms with Crippen molar-refractivity contribution < 1.29 is 9.53 Å². The monoisotopic (exact) mass is 400 g/mol. The van der Waals surface area contributed by atoms with Gasteiger partial charge in [0.1, 0.15) is 5.75 Å². The number of rotatable bonds is 4. The number of amides is 1. The Morgan fingerprint density at radius 1 is 0.967 bits per heavy atom. The molecule has 1 amide bonds. The highest BCUT2D eigenvalue weighted by Crippen LogP contribution is 2.36. The number of hydrogen-bond donors (Lipinski definition) is 0. The highest BCUT2D eigenvalue weighted by atomic mass is 16.5. The quantitative estimate of drug-likeness (QED) is 0.587. The zero-order valence-electron chi connectivity index (χ0n) is 17.8. The van der Waals surface area contributed by atoms with Gasteiger partial charge in [0.05, 0.1) is 7.11 Å². The zero-order valence-corrected chi connectivity index (χ0v) is 17.8. The summed E-state index contributed by atoms with van der Waals surface area (Å²) in [6.07, 6.45) is 2.02. The third kappa shape index (κ3) is 3.83. The van der Waals surface area contributed by atoms with Crippen molar-refractivity contribution >= 4 is 11.6 Å². The van der Waals surface area contributed by atoms with Crippen molar-refractivity contribution in [1.82, 2.24) is 4.90 Å². The minimum absolute atomic E-state index is 0.0495. The molecule has 0 spiro atoms. The van der Waals surface area contributed by atoms with E-state index in [0.29, 0.717) is 11.6 Å². The lowest BCUT2D eigenvalue weighted by atomic mass is 10.0. The predicted octanol–water partition coefficient (Wildman–Crippen LogP) is 5.41. The van der Waals surface area contributed by atoms with E-state index in [1.807, 2.05) is 59.5 Å². The Balaban J connectivity index is 1.65. The topological polar surface area (TPSA) is 32.8 Å². The van der Waals surface area contributed by atoms with E-state index >= 15 is 0 Å². The lowest BCUT2D eigenvalue weighted by molar-refractivity contribution is 0.0987. The van der Waals surface area contributed by atoms with Crippen LogP contribution in [0.5, 0.6) is 5.75 Å². The summed E-state index contributed by atoms with van der Waals surface area (Å²) < 4.78 is 5.48. The van der Waals surface area contributed by atoms with E-state index in [-0.39, 0.29) is 5.91 Å². The number of carbonyl (C=O) groups is 1. The molecule has 0 radical (unpaired) electrons. The van der Waals surface area contributed by atoms with Crippen LogP contribution in [-0.2, 0) is 0 Å². The molecule has 30 heavy (non-hydrogen) atoms. The molecule has 4 heteroatoms. The van der Waals surface area contributed by atoms with E-state index in [0.717, 1.165) is 42.0 Å². The van der Waals surface area contributed by atoms with Crippen molar-refractivity contribution in [2.75, 3.05) is 32.6 Å². The number of anilines is 1. The van der Waals surface area contributed by atoms with Gasteiger partial charge in [-0.3, -0.25) is 4.79 Å². The molecule has 1 unspecified atom stereocenters. The fourth-order valence-corrected chi connectivity index (χ4v) is 4.31. The summed E-state index contributed by atoms with van der Waals surface area (Å²) in [5.41, 5.74) is 5.00. The summed E-state index contributed by atoms with van der Waals surface area (Å²) in [6, 6.07) is 24.4. The molecule has 3 aromatic rings. The first kappa shape index (κ1) is 20.2. The first-order chi connectivity index (χ1) is 14.6. The first-order valence-electron chi connectivity index (χ1n) is 10.4. The number of para-hydroxylation sites is 2. The number of methoxy groups -OCH3 is 1. The Labute approximate surface area is 178 Å². The van der Waals surface area contributed by atoms with Crippen molar-refractivity contribution in [3.05, 3.63) is 83.9 Å². The molecule has 0 N–H and O–H groups in total. The van der Waals surface area contributed by atoms with Crippen LogP contribution in [0.3, 0.4) is 0 Å². The lowest BCUT2D eigenvalue weighted by Gasteiger charge is -2.27. The van der Waals surface area contributed by atoms with Gasteiger partial charge >= 0.3 is 0 Å². The fourth-order valence-electron chi connectivity index (χ4n) is 4.31. The number of carbonyl (C=O) groups excluding carboxylic acids is 1. The Kier molecular flexibility index (Phi) is 5.86. The molecule has 4 rings (SSSR count). The Bertz CT molecular complexity index is 1030. The SMILES string of the molecule is COc1ccccc1-c1ccc(C(=O)N2CCCC(N(C)C)c3ccccc32)cc1. The van der Waals surface area contributed by atoms with E-state index in [4.69, 9.17) is 4.74 Å². The molecule has 0 aromatic heterocycles. The Morgan fingerprint density at radius 3 is 2.40 bits per heavy atom. The normalized spacial score (nSPS) is 16.1. The molecule has 1 heterocycles. The average Bonchev–Trinajstić information content (AvgIpc) is 2.98. The molecule has 0 aliphatic carbocycles. The molecule has 0 saturated heterocycles. The lowest BCUT2D eigenvalue weighted by Crippen LogP contribution is -2.31. The molecule has 4 nitrogen and oxygen atoms in total. The molecule has 1 atom stereocenters. The molecular formula is C26H28N2O2. The highest BCUT2D eigenvalue weighted by Gasteiger charge is 2.27. The number of nitrogens with zero attached hydrogens (tertiary/aromatic N) is 2. The summed E-state index contributed by atoms with van der Waals surface area (Å²) in [6.45, 7) is 0.731. The Morgan fingerprint density at radius 2 is 1.67 bits per heavy atom. The predicted molar refractivity (Wildman–Crippen MR) is 122 cm³/mol. The second-order valence-electron chi connectivity index (χ2n) is 7.91. The van der Waals surface area contributed by atoms with Gasteiger partial charge in [0.2, 0.25) is 0 Å². The molecule has 154 valence electrons. The molecular weight excluding hydrogens is 372 g/mol. The minimum Gasteiger partial charge on any atom is -0.496 e. The largest absolute Gasteiger partial charge is 0.496 e. The first-order valence-corrected chi connectivity index (χ1v) is 10.4. The summed E-state index contributed by atoms with van der Waals surface area (Å²) in [4.78, 5) is 17.6. The maximum atomic E-state index is 13.5. The van der Waals surface area contributed by atoms with Crippen molar-refractivity contribution in [3.8, 4) is 16.9 Å². The average molecular weight is 401 g/mol. The van der Waals surface area contributed by atoms with Crippen molar-refractivity contribution in [2.45, 2.75) is 18.9 Å². The molecule has 0 fully saturated rings. The van der Waals surface area contributed by atoms with Crippen LogP contribution >= 0.6 is 0 Å². The van der Waals surface area contributed by atoms with Gasteiger partial charge in [-0.15, -0.1) is 0 Å². The van der Waals surface area contributed by atoms with Crippen LogP contribution in [0.1, 0.15) is 34.8 Å². The molecule has 3 aromatic carbocycles. The highest BCUT2D eigenvalue weighted by molar-refractivity contribution is 6.06. The third-order valence-electron chi connectivity index (χ3n) is 5.86. The van der Waals surface area contributed by atoms with E-state index in [1.54, 1.807) is 7.11 Å². The molecule has 1 aliphatic rings.